The Morgan fingerprint density at radius 3 is 2.47 bits per heavy atom. The summed E-state index contributed by atoms with van der Waals surface area (Å²) in [5, 5.41) is 3.66. The van der Waals surface area contributed by atoms with Crippen LogP contribution in [0.4, 0.5) is 5.69 Å². The number of carbonyl (C=O) groups excluding carboxylic acids is 1. The predicted octanol–water partition coefficient (Wildman–Crippen LogP) is 4.39. The number of fused-ring (bicyclic) bond motifs is 1. The number of carbonyl (C=O) groups is 1. The molecule has 30 heavy (non-hydrogen) atoms. The number of hydrogen-bond donors (Lipinski definition) is 1. The summed E-state index contributed by atoms with van der Waals surface area (Å²) in [6.07, 6.45) is 0.683. The molecule has 0 spiro atoms. The molecule has 0 saturated carbocycles. The first kappa shape index (κ1) is 19.5. The Balaban J connectivity index is 1.67. The molecule has 1 amide bonds. The van der Waals surface area contributed by atoms with Gasteiger partial charge in [-0.2, -0.15) is 0 Å². The van der Waals surface area contributed by atoms with Gasteiger partial charge >= 0.3 is 0 Å². The second-order valence-corrected chi connectivity index (χ2v) is 7.12. The summed E-state index contributed by atoms with van der Waals surface area (Å²) in [5.74, 6) is 0.440. The van der Waals surface area contributed by atoms with Gasteiger partial charge in [0.2, 0.25) is 0 Å². The van der Waals surface area contributed by atoms with E-state index in [1.54, 1.807) is 20.2 Å². The maximum absolute atomic E-state index is 13.0. The minimum Gasteiger partial charge on any atom is -0.496 e. The number of aryl methyl sites for hydroxylation is 1. The number of benzene rings is 3. The molecule has 1 aromatic heterocycles. The molecule has 1 heterocycles. The zero-order chi connectivity index (χ0) is 21.1. The predicted molar refractivity (Wildman–Crippen MR) is 119 cm³/mol. The number of nitrogens with zero attached hydrogens (tertiary/aromatic N) is 1. The van der Waals surface area contributed by atoms with Crippen LogP contribution in [0.1, 0.15) is 21.5 Å². The molecule has 5 heteroatoms. The van der Waals surface area contributed by atoms with E-state index in [9.17, 15) is 9.59 Å². The van der Waals surface area contributed by atoms with Crippen molar-refractivity contribution in [2.24, 2.45) is 7.05 Å². The molecule has 0 bridgehead atoms. The zero-order valence-electron chi connectivity index (χ0n) is 16.9. The second-order valence-electron chi connectivity index (χ2n) is 7.12. The van der Waals surface area contributed by atoms with Crippen molar-refractivity contribution in [3.63, 3.8) is 0 Å². The lowest BCUT2D eigenvalue weighted by Crippen LogP contribution is -2.21. The van der Waals surface area contributed by atoms with Crippen molar-refractivity contribution in [3.05, 3.63) is 106 Å². The van der Waals surface area contributed by atoms with E-state index in [0.29, 0.717) is 17.7 Å². The molecule has 0 radical (unpaired) electrons. The van der Waals surface area contributed by atoms with E-state index in [1.165, 1.54) is 10.6 Å². The number of amides is 1. The highest BCUT2D eigenvalue weighted by Gasteiger charge is 2.15. The van der Waals surface area contributed by atoms with Gasteiger partial charge < -0.3 is 14.6 Å². The van der Waals surface area contributed by atoms with Gasteiger partial charge in [-0.3, -0.25) is 9.59 Å². The third-order valence-electron chi connectivity index (χ3n) is 5.17. The molecule has 0 fully saturated rings. The van der Waals surface area contributed by atoms with Gasteiger partial charge in [-0.15, -0.1) is 0 Å². The van der Waals surface area contributed by atoms with Crippen molar-refractivity contribution in [3.8, 4) is 5.75 Å². The van der Waals surface area contributed by atoms with Gasteiger partial charge in [-0.05, 0) is 29.8 Å². The second kappa shape index (κ2) is 8.25. The molecule has 4 rings (SSSR count). The Kier molecular flexibility index (Phi) is 5.35. The van der Waals surface area contributed by atoms with Gasteiger partial charge in [0, 0.05) is 36.2 Å². The van der Waals surface area contributed by atoms with Crippen LogP contribution in [0.3, 0.4) is 0 Å². The molecular formula is C25H22N2O3. The lowest BCUT2D eigenvalue weighted by molar-refractivity contribution is 0.102. The molecule has 0 unspecified atom stereocenters. The maximum Gasteiger partial charge on any atom is 0.256 e. The van der Waals surface area contributed by atoms with Crippen molar-refractivity contribution < 1.29 is 9.53 Å². The summed E-state index contributed by atoms with van der Waals surface area (Å²) in [5.41, 5.74) is 3.62. The first-order valence-electron chi connectivity index (χ1n) is 9.68. The van der Waals surface area contributed by atoms with Crippen LogP contribution in [0, 0.1) is 0 Å². The lowest BCUT2D eigenvalue weighted by Gasteiger charge is -2.13. The average Bonchev–Trinajstić information content (AvgIpc) is 2.77. The molecule has 0 aliphatic heterocycles. The van der Waals surface area contributed by atoms with Crippen molar-refractivity contribution in [2.75, 3.05) is 12.4 Å². The SMILES string of the molecule is COc1ccc(NC(=O)c2cc(=O)n(C)c3ccccc23)cc1Cc1ccccc1. The van der Waals surface area contributed by atoms with Crippen LogP contribution in [0.25, 0.3) is 10.9 Å². The smallest absolute Gasteiger partial charge is 0.256 e. The highest BCUT2D eigenvalue weighted by molar-refractivity contribution is 6.12. The van der Waals surface area contributed by atoms with Gasteiger partial charge in [0.15, 0.2) is 0 Å². The van der Waals surface area contributed by atoms with Gasteiger partial charge in [0.05, 0.1) is 18.2 Å². The first-order valence-corrected chi connectivity index (χ1v) is 9.68. The topological polar surface area (TPSA) is 60.3 Å². The van der Waals surface area contributed by atoms with Crippen LogP contribution < -0.4 is 15.6 Å². The molecule has 3 aromatic carbocycles. The Bertz CT molecular complexity index is 1280. The van der Waals surface area contributed by atoms with Gasteiger partial charge in [-0.25, -0.2) is 0 Å². The molecule has 5 nitrogen and oxygen atoms in total. The Morgan fingerprint density at radius 1 is 0.967 bits per heavy atom. The number of hydrogen-bond acceptors (Lipinski definition) is 3. The van der Waals surface area contributed by atoms with E-state index in [4.69, 9.17) is 4.74 Å². The minimum absolute atomic E-state index is 0.224. The van der Waals surface area contributed by atoms with E-state index < -0.39 is 0 Å². The largest absolute Gasteiger partial charge is 0.496 e. The monoisotopic (exact) mass is 398 g/mol. The fourth-order valence-corrected chi connectivity index (χ4v) is 3.61. The highest BCUT2D eigenvalue weighted by atomic mass is 16.5. The Labute approximate surface area is 174 Å². The summed E-state index contributed by atoms with van der Waals surface area (Å²) in [4.78, 5) is 25.3. The number of ether oxygens (including phenoxy) is 1. The molecule has 0 aliphatic carbocycles. The molecule has 4 aromatic rings. The Morgan fingerprint density at radius 2 is 1.70 bits per heavy atom. The van der Waals surface area contributed by atoms with Crippen molar-refractivity contribution in [1.29, 1.82) is 0 Å². The number of methoxy groups -OCH3 is 1. The third-order valence-corrected chi connectivity index (χ3v) is 5.17. The highest BCUT2D eigenvalue weighted by Crippen LogP contribution is 2.26. The van der Waals surface area contributed by atoms with E-state index in [0.717, 1.165) is 27.8 Å². The van der Waals surface area contributed by atoms with E-state index >= 15 is 0 Å². The number of nitrogens with one attached hydrogen (secondary N) is 1. The van der Waals surface area contributed by atoms with E-state index in [-0.39, 0.29) is 11.5 Å². The summed E-state index contributed by atoms with van der Waals surface area (Å²) in [7, 11) is 3.33. The molecule has 0 aliphatic rings. The standard InChI is InChI=1S/C25H22N2O3/c1-27-22-11-7-6-10-20(22)21(16-24(27)28)25(29)26-19-12-13-23(30-2)18(15-19)14-17-8-4-3-5-9-17/h3-13,15-16H,14H2,1-2H3,(H,26,29). The zero-order valence-corrected chi connectivity index (χ0v) is 16.9. The first-order chi connectivity index (χ1) is 14.6. The van der Waals surface area contributed by atoms with Crippen LogP contribution in [0.2, 0.25) is 0 Å². The fourth-order valence-electron chi connectivity index (χ4n) is 3.61. The van der Waals surface area contributed by atoms with Crippen molar-refractivity contribution in [1.82, 2.24) is 4.57 Å². The third kappa shape index (κ3) is 3.82. The molecule has 150 valence electrons. The van der Waals surface area contributed by atoms with Crippen molar-refractivity contribution >= 4 is 22.5 Å². The maximum atomic E-state index is 13.0. The number of para-hydroxylation sites is 1. The normalized spacial score (nSPS) is 10.7. The molecule has 0 saturated heterocycles. The van der Waals surface area contributed by atoms with Gasteiger partial charge in [-0.1, -0.05) is 48.5 Å². The van der Waals surface area contributed by atoms with E-state index in [2.05, 4.69) is 17.4 Å². The minimum atomic E-state index is -0.320. The Hall–Kier alpha value is -3.86. The van der Waals surface area contributed by atoms with Gasteiger partial charge in [0.1, 0.15) is 5.75 Å². The van der Waals surface area contributed by atoms with Crippen LogP contribution in [0.15, 0.2) is 83.7 Å². The lowest BCUT2D eigenvalue weighted by atomic mass is 10.0. The van der Waals surface area contributed by atoms with Crippen LogP contribution >= 0.6 is 0 Å². The van der Waals surface area contributed by atoms with Gasteiger partial charge in [0.25, 0.3) is 11.5 Å². The van der Waals surface area contributed by atoms with Crippen LogP contribution in [-0.4, -0.2) is 17.6 Å². The number of aromatic nitrogens is 1. The summed E-state index contributed by atoms with van der Waals surface area (Å²) in [6, 6.07) is 24.4. The molecule has 0 atom stereocenters. The summed E-state index contributed by atoms with van der Waals surface area (Å²) >= 11 is 0. The molecule has 1 N–H and O–H groups in total. The van der Waals surface area contributed by atoms with E-state index in [1.807, 2.05) is 54.6 Å². The summed E-state index contributed by atoms with van der Waals surface area (Å²) in [6.45, 7) is 0. The fraction of sp³-hybridized carbons (Fsp3) is 0.120. The van der Waals surface area contributed by atoms with Crippen LogP contribution in [-0.2, 0) is 13.5 Å². The van der Waals surface area contributed by atoms with Crippen molar-refractivity contribution in [2.45, 2.75) is 6.42 Å². The summed E-state index contributed by atoms with van der Waals surface area (Å²) < 4.78 is 7.03. The average molecular weight is 398 g/mol. The van der Waals surface area contributed by atoms with Crippen LogP contribution in [0.5, 0.6) is 5.75 Å². The molecular weight excluding hydrogens is 376 g/mol. The quantitative estimate of drug-likeness (QED) is 0.542. The number of pyridine rings is 1. The number of anilines is 1. The number of rotatable bonds is 5.